The van der Waals surface area contributed by atoms with Crippen LogP contribution in [0.25, 0.3) is 0 Å². The van der Waals surface area contributed by atoms with Crippen molar-refractivity contribution in [2.45, 2.75) is 33.3 Å². The summed E-state index contributed by atoms with van der Waals surface area (Å²) in [5, 5.41) is 4.15. The molecule has 1 N–H and O–H groups in total. The largest absolute Gasteiger partial charge is 0.485 e. The fourth-order valence-electron chi connectivity index (χ4n) is 1.96. The predicted molar refractivity (Wildman–Crippen MR) is 77.1 cm³/mol. The van der Waals surface area contributed by atoms with Crippen molar-refractivity contribution in [1.29, 1.82) is 0 Å². The van der Waals surface area contributed by atoms with Crippen LogP contribution in [0.1, 0.15) is 27.2 Å². The van der Waals surface area contributed by atoms with Crippen molar-refractivity contribution in [3.8, 4) is 11.5 Å². The van der Waals surface area contributed by atoms with Gasteiger partial charge in [0.1, 0.15) is 6.61 Å². The Labute approximate surface area is 119 Å². The van der Waals surface area contributed by atoms with Gasteiger partial charge in [0.2, 0.25) is 6.10 Å². The summed E-state index contributed by atoms with van der Waals surface area (Å²) in [6, 6.07) is 7.30. The third kappa shape index (κ3) is 3.29. The molecule has 1 aromatic carbocycles. The number of hydrogen-bond donors (Lipinski definition) is 1. The number of amides is 1. The van der Waals surface area contributed by atoms with Crippen molar-refractivity contribution >= 4 is 11.6 Å². The number of hydrogen-bond acceptors (Lipinski definition) is 4. The molecule has 0 spiro atoms. The van der Waals surface area contributed by atoms with Gasteiger partial charge in [-0.05, 0) is 24.5 Å². The molecule has 0 saturated heterocycles. The van der Waals surface area contributed by atoms with Crippen LogP contribution >= 0.6 is 0 Å². The summed E-state index contributed by atoms with van der Waals surface area (Å²) in [5.41, 5.74) is 3.51. The molecule has 1 amide bonds. The van der Waals surface area contributed by atoms with E-state index in [1.165, 1.54) is 0 Å². The first kappa shape index (κ1) is 14.4. The minimum Gasteiger partial charge on any atom is -0.485 e. The smallest absolute Gasteiger partial charge is 0.284 e. The first-order valence-electron chi connectivity index (χ1n) is 6.86. The molecule has 1 atom stereocenters. The second-order valence-electron chi connectivity index (χ2n) is 4.95. The van der Waals surface area contributed by atoms with Crippen LogP contribution in [-0.4, -0.2) is 24.3 Å². The van der Waals surface area contributed by atoms with E-state index in [-0.39, 0.29) is 12.5 Å². The lowest BCUT2D eigenvalue weighted by molar-refractivity contribution is -0.130. The Balaban J connectivity index is 1.98. The monoisotopic (exact) mass is 276 g/mol. The second kappa shape index (κ2) is 6.41. The van der Waals surface area contributed by atoms with Gasteiger partial charge < -0.3 is 9.47 Å². The number of benzene rings is 1. The maximum Gasteiger partial charge on any atom is 0.284 e. The van der Waals surface area contributed by atoms with Crippen molar-refractivity contribution in [2.24, 2.45) is 11.0 Å². The Morgan fingerprint density at radius 3 is 2.75 bits per heavy atom. The van der Waals surface area contributed by atoms with Crippen LogP contribution in [-0.2, 0) is 4.79 Å². The van der Waals surface area contributed by atoms with Crippen molar-refractivity contribution < 1.29 is 14.3 Å². The van der Waals surface area contributed by atoms with Gasteiger partial charge >= 0.3 is 0 Å². The molecule has 2 rings (SSSR count). The zero-order chi connectivity index (χ0) is 14.5. The van der Waals surface area contributed by atoms with Crippen LogP contribution in [0.3, 0.4) is 0 Å². The van der Waals surface area contributed by atoms with Gasteiger partial charge in [0, 0.05) is 5.71 Å². The SMILES string of the molecule is CC/C(=N/NC(=O)[C@@H]1COc2ccccc2O1)C(C)C. The molecule has 0 bridgehead atoms. The zero-order valence-corrected chi connectivity index (χ0v) is 12.1. The summed E-state index contributed by atoms with van der Waals surface area (Å²) in [4.78, 5) is 12.0. The summed E-state index contributed by atoms with van der Waals surface area (Å²) >= 11 is 0. The van der Waals surface area contributed by atoms with E-state index in [9.17, 15) is 4.79 Å². The van der Waals surface area contributed by atoms with Gasteiger partial charge in [-0.25, -0.2) is 5.43 Å². The molecule has 0 aromatic heterocycles. The minimum atomic E-state index is -0.668. The second-order valence-corrected chi connectivity index (χ2v) is 4.95. The maximum atomic E-state index is 12.0. The number of para-hydroxylation sites is 2. The van der Waals surface area contributed by atoms with Gasteiger partial charge in [-0.1, -0.05) is 32.9 Å². The average molecular weight is 276 g/mol. The lowest BCUT2D eigenvalue weighted by Gasteiger charge is -2.25. The highest BCUT2D eigenvalue weighted by Gasteiger charge is 2.27. The molecule has 0 radical (unpaired) electrons. The molecule has 5 heteroatoms. The van der Waals surface area contributed by atoms with E-state index in [2.05, 4.69) is 10.5 Å². The van der Waals surface area contributed by atoms with E-state index >= 15 is 0 Å². The molecule has 0 saturated carbocycles. The fraction of sp³-hybridized carbons (Fsp3) is 0.467. The average Bonchev–Trinajstić information content (AvgIpc) is 2.46. The van der Waals surface area contributed by atoms with E-state index < -0.39 is 6.10 Å². The summed E-state index contributed by atoms with van der Waals surface area (Å²) < 4.78 is 11.1. The molecule has 1 aromatic rings. The van der Waals surface area contributed by atoms with Gasteiger partial charge in [-0.3, -0.25) is 4.79 Å². The van der Waals surface area contributed by atoms with E-state index in [1.54, 1.807) is 6.07 Å². The number of hydrazone groups is 1. The number of nitrogens with one attached hydrogen (secondary N) is 1. The van der Waals surface area contributed by atoms with Gasteiger partial charge in [0.15, 0.2) is 11.5 Å². The molecular formula is C15H20N2O3. The third-order valence-electron chi connectivity index (χ3n) is 3.14. The summed E-state index contributed by atoms with van der Waals surface area (Å²) in [5.74, 6) is 1.27. The molecule has 0 aliphatic carbocycles. The molecule has 1 aliphatic heterocycles. The molecule has 0 fully saturated rings. The summed E-state index contributed by atoms with van der Waals surface area (Å²) in [7, 11) is 0. The van der Waals surface area contributed by atoms with E-state index in [4.69, 9.17) is 9.47 Å². The Morgan fingerprint density at radius 1 is 1.40 bits per heavy atom. The number of rotatable bonds is 4. The molecule has 108 valence electrons. The molecule has 5 nitrogen and oxygen atoms in total. The minimum absolute atomic E-state index is 0.196. The standard InChI is InChI=1S/C15H20N2O3/c1-4-11(10(2)3)16-17-15(18)14-9-19-12-7-5-6-8-13(12)20-14/h5-8,10,14H,4,9H2,1-3H3,(H,17,18)/b16-11-/t14-/m0/s1. The number of ether oxygens (including phenoxy) is 2. The number of nitrogens with zero attached hydrogens (tertiary/aromatic N) is 1. The molecule has 20 heavy (non-hydrogen) atoms. The Morgan fingerprint density at radius 2 is 2.10 bits per heavy atom. The lowest BCUT2D eigenvalue weighted by Crippen LogP contribution is -2.42. The quantitative estimate of drug-likeness (QED) is 0.678. The topological polar surface area (TPSA) is 59.9 Å². The lowest BCUT2D eigenvalue weighted by atomic mass is 10.1. The van der Waals surface area contributed by atoms with Gasteiger partial charge in [0.05, 0.1) is 0 Å². The van der Waals surface area contributed by atoms with Crippen LogP contribution in [0, 0.1) is 5.92 Å². The number of fused-ring (bicyclic) bond motifs is 1. The van der Waals surface area contributed by atoms with Crippen molar-refractivity contribution in [3.63, 3.8) is 0 Å². The Kier molecular flexibility index (Phi) is 4.61. The predicted octanol–water partition coefficient (Wildman–Crippen LogP) is 2.36. The zero-order valence-electron chi connectivity index (χ0n) is 12.1. The van der Waals surface area contributed by atoms with Gasteiger partial charge in [0.25, 0.3) is 5.91 Å². The normalized spacial score (nSPS) is 18.0. The van der Waals surface area contributed by atoms with E-state index in [0.717, 1.165) is 12.1 Å². The van der Waals surface area contributed by atoms with Crippen molar-refractivity contribution in [1.82, 2.24) is 5.43 Å². The molecule has 1 heterocycles. The van der Waals surface area contributed by atoms with Crippen LogP contribution < -0.4 is 14.9 Å². The summed E-state index contributed by atoms with van der Waals surface area (Å²) in [6.07, 6.45) is 0.141. The van der Waals surface area contributed by atoms with Gasteiger partial charge in [-0.15, -0.1) is 0 Å². The van der Waals surface area contributed by atoms with Crippen molar-refractivity contribution in [3.05, 3.63) is 24.3 Å². The first-order chi connectivity index (χ1) is 9.61. The summed E-state index contributed by atoms with van der Waals surface area (Å²) in [6.45, 7) is 6.30. The van der Waals surface area contributed by atoms with E-state index in [0.29, 0.717) is 17.4 Å². The van der Waals surface area contributed by atoms with Crippen molar-refractivity contribution in [2.75, 3.05) is 6.61 Å². The van der Waals surface area contributed by atoms with Crippen LogP contribution in [0.5, 0.6) is 11.5 Å². The van der Waals surface area contributed by atoms with Gasteiger partial charge in [-0.2, -0.15) is 5.10 Å². The first-order valence-corrected chi connectivity index (χ1v) is 6.86. The van der Waals surface area contributed by atoms with Crippen LogP contribution in [0.2, 0.25) is 0 Å². The molecular weight excluding hydrogens is 256 g/mol. The number of carbonyl (C=O) groups excluding carboxylic acids is 1. The van der Waals surface area contributed by atoms with E-state index in [1.807, 2.05) is 39.0 Å². The third-order valence-corrected chi connectivity index (χ3v) is 3.14. The number of carbonyl (C=O) groups is 1. The van der Waals surface area contributed by atoms with Crippen LogP contribution in [0.15, 0.2) is 29.4 Å². The highest BCUT2D eigenvalue weighted by molar-refractivity contribution is 5.88. The molecule has 1 aliphatic rings. The Hall–Kier alpha value is -2.04. The highest BCUT2D eigenvalue weighted by atomic mass is 16.6. The van der Waals surface area contributed by atoms with Crippen LogP contribution in [0.4, 0.5) is 0 Å². The fourth-order valence-corrected chi connectivity index (χ4v) is 1.96. The Bertz CT molecular complexity index is 512. The molecule has 0 unspecified atom stereocenters. The highest BCUT2D eigenvalue weighted by Crippen LogP contribution is 2.30. The maximum absolute atomic E-state index is 12.0.